The second-order valence-corrected chi connectivity index (χ2v) is 6.92. The van der Waals surface area contributed by atoms with E-state index in [4.69, 9.17) is 4.74 Å². The molecule has 1 fully saturated rings. The van der Waals surface area contributed by atoms with Crippen molar-refractivity contribution in [1.29, 1.82) is 0 Å². The highest BCUT2D eigenvalue weighted by atomic mass is 19.4. The lowest BCUT2D eigenvalue weighted by molar-refractivity contribution is -0.147. The molecule has 1 saturated heterocycles. The normalized spacial score (nSPS) is 16.8. The van der Waals surface area contributed by atoms with Gasteiger partial charge in [0.15, 0.2) is 0 Å². The number of rotatable bonds is 4. The number of halogens is 7. The van der Waals surface area contributed by atoms with Crippen LogP contribution in [0.3, 0.4) is 0 Å². The highest BCUT2D eigenvalue weighted by Crippen LogP contribution is 2.48. The van der Waals surface area contributed by atoms with Gasteiger partial charge >= 0.3 is 18.4 Å². The average molecular weight is 464 g/mol. The molecular formula is C20H15F7N2O3. The van der Waals surface area contributed by atoms with Gasteiger partial charge in [-0.15, -0.1) is 0 Å². The zero-order valence-corrected chi connectivity index (χ0v) is 16.3. The maximum absolute atomic E-state index is 14.9. The summed E-state index contributed by atoms with van der Waals surface area (Å²) in [6.07, 6.45) is -13.4. The van der Waals surface area contributed by atoms with Crippen molar-refractivity contribution in [2.75, 3.05) is 18.0 Å². The molecular weight excluding hydrogens is 449 g/mol. The third-order valence-corrected chi connectivity index (χ3v) is 4.64. The number of carbonyl (C=O) groups is 2. The van der Waals surface area contributed by atoms with Gasteiger partial charge in [0.1, 0.15) is 17.5 Å². The lowest BCUT2D eigenvalue weighted by atomic mass is 9.94. The van der Waals surface area contributed by atoms with Crippen LogP contribution in [-0.4, -0.2) is 31.2 Å². The van der Waals surface area contributed by atoms with Crippen LogP contribution in [0.5, 0.6) is 0 Å². The molecule has 0 spiro atoms. The molecule has 0 aromatic heterocycles. The molecule has 2 amide bonds. The van der Waals surface area contributed by atoms with Crippen LogP contribution in [-0.2, 0) is 21.9 Å². The van der Waals surface area contributed by atoms with E-state index in [-0.39, 0.29) is 12.1 Å². The molecule has 1 aliphatic heterocycles. The summed E-state index contributed by atoms with van der Waals surface area (Å²) in [5, 5.41) is 2.31. The van der Waals surface area contributed by atoms with Crippen molar-refractivity contribution >= 4 is 17.7 Å². The Morgan fingerprint density at radius 1 is 1.09 bits per heavy atom. The third-order valence-electron chi connectivity index (χ3n) is 4.64. The van der Waals surface area contributed by atoms with Crippen LogP contribution < -0.4 is 10.2 Å². The van der Waals surface area contributed by atoms with E-state index in [1.165, 1.54) is 30.3 Å². The summed E-state index contributed by atoms with van der Waals surface area (Å²) >= 11 is 0. The molecule has 3 rings (SSSR count). The zero-order chi connectivity index (χ0) is 23.8. The number of nitrogens with one attached hydrogen (secondary N) is 1. The maximum atomic E-state index is 14.9. The molecule has 0 aliphatic carbocycles. The SMILES string of the molecule is CC(=O)NCC1CN(c2cc(-c3ccccc3)c(C(F)(F)F)c(F)c2C(F)(F)F)C(=O)O1. The van der Waals surface area contributed by atoms with Crippen LogP contribution in [0, 0.1) is 5.82 Å². The summed E-state index contributed by atoms with van der Waals surface area (Å²) < 4.78 is 102. The minimum absolute atomic E-state index is 0.198. The topological polar surface area (TPSA) is 58.6 Å². The van der Waals surface area contributed by atoms with Gasteiger partial charge < -0.3 is 10.1 Å². The summed E-state index contributed by atoms with van der Waals surface area (Å²) in [6.45, 7) is 0.377. The smallest absolute Gasteiger partial charge is 0.421 e. The Bertz CT molecular complexity index is 1040. The fraction of sp³-hybridized carbons (Fsp3) is 0.300. The van der Waals surface area contributed by atoms with Crippen molar-refractivity contribution in [3.05, 3.63) is 53.3 Å². The molecule has 1 unspecified atom stereocenters. The Balaban J connectivity index is 2.23. The molecule has 0 bridgehead atoms. The summed E-state index contributed by atoms with van der Waals surface area (Å²) in [5.41, 5.74) is -6.51. The van der Waals surface area contributed by atoms with Crippen LogP contribution >= 0.6 is 0 Å². The second kappa shape index (κ2) is 8.32. The largest absolute Gasteiger partial charge is 0.442 e. The number of hydrogen-bond acceptors (Lipinski definition) is 3. The zero-order valence-electron chi connectivity index (χ0n) is 16.3. The van der Waals surface area contributed by atoms with Crippen molar-refractivity contribution in [3.63, 3.8) is 0 Å². The van der Waals surface area contributed by atoms with Gasteiger partial charge in [-0.3, -0.25) is 9.69 Å². The Morgan fingerprint density at radius 3 is 2.22 bits per heavy atom. The minimum Gasteiger partial charge on any atom is -0.442 e. The number of nitrogens with zero attached hydrogens (tertiary/aromatic N) is 1. The van der Waals surface area contributed by atoms with Crippen molar-refractivity contribution in [2.45, 2.75) is 25.4 Å². The predicted molar refractivity (Wildman–Crippen MR) is 98.1 cm³/mol. The molecule has 2 aromatic rings. The van der Waals surface area contributed by atoms with E-state index in [2.05, 4.69) is 5.32 Å². The van der Waals surface area contributed by atoms with Gasteiger partial charge in [-0.25, -0.2) is 9.18 Å². The minimum atomic E-state index is -5.55. The standard InChI is InChI=1S/C20H15F7N2O3/c1-10(30)28-8-12-9-29(18(31)32-12)14-7-13(11-5-3-2-4-6-11)15(19(22,23)24)17(21)16(14)20(25,26)27/h2-7,12H,8-9H2,1H3,(H,28,30). The Labute approximate surface area is 176 Å². The number of hydrogen-bond donors (Lipinski definition) is 1. The first-order valence-corrected chi connectivity index (χ1v) is 9.09. The molecule has 1 N–H and O–H groups in total. The molecule has 0 saturated carbocycles. The van der Waals surface area contributed by atoms with Gasteiger partial charge in [0.2, 0.25) is 5.91 Å². The van der Waals surface area contributed by atoms with E-state index in [9.17, 15) is 40.3 Å². The monoisotopic (exact) mass is 464 g/mol. The predicted octanol–water partition coefficient (Wildman–Crippen LogP) is 4.99. The number of benzene rings is 2. The van der Waals surface area contributed by atoms with Crippen molar-refractivity contribution in [1.82, 2.24) is 5.32 Å². The first kappa shape index (κ1) is 23.4. The third kappa shape index (κ3) is 4.63. The number of carbonyl (C=O) groups excluding carboxylic acids is 2. The fourth-order valence-electron chi connectivity index (χ4n) is 3.32. The fourth-order valence-corrected chi connectivity index (χ4v) is 3.32. The summed E-state index contributed by atoms with van der Waals surface area (Å²) in [6, 6.07) is 6.94. The van der Waals surface area contributed by atoms with E-state index in [1.54, 1.807) is 0 Å². The van der Waals surface area contributed by atoms with Gasteiger partial charge in [-0.2, -0.15) is 26.3 Å². The Hall–Kier alpha value is -3.31. The van der Waals surface area contributed by atoms with Gasteiger partial charge in [-0.1, -0.05) is 30.3 Å². The van der Waals surface area contributed by atoms with E-state index in [1.807, 2.05) is 0 Å². The quantitative estimate of drug-likeness (QED) is 0.649. The molecule has 0 radical (unpaired) electrons. The van der Waals surface area contributed by atoms with Crippen LogP contribution in [0.25, 0.3) is 11.1 Å². The van der Waals surface area contributed by atoms with Gasteiger partial charge in [0, 0.05) is 6.92 Å². The Morgan fingerprint density at radius 2 is 1.69 bits per heavy atom. The van der Waals surface area contributed by atoms with E-state index >= 15 is 0 Å². The summed E-state index contributed by atoms with van der Waals surface area (Å²) in [4.78, 5) is 23.7. The first-order valence-electron chi connectivity index (χ1n) is 9.09. The highest BCUT2D eigenvalue weighted by molar-refractivity contribution is 5.93. The highest BCUT2D eigenvalue weighted by Gasteiger charge is 2.48. The average Bonchev–Trinajstić information content (AvgIpc) is 3.04. The lowest BCUT2D eigenvalue weighted by Gasteiger charge is -2.24. The number of anilines is 1. The van der Waals surface area contributed by atoms with Crippen molar-refractivity contribution in [2.24, 2.45) is 0 Å². The number of cyclic esters (lactones) is 1. The molecule has 5 nitrogen and oxygen atoms in total. The van der Waals surface area contributed by atoms with E-state index < -0.39 is 65.2 Å². The number of ether oxygens (including phenoxy) is 1. The lowest BCUT2D eigenvalue weighted by Crippen LogP contribution is -2.34. The molecule has 2 aromatic carbocycles. The van der Waals surface area contributed by atoms with Crippen LogP contribution in [0.4, 0.5) is 41.2 Å². The van der Waals surface area contributed by atoms with Crippen LogP contribution in [0.1, 0.15) is 18.1 Å². The van der Waals surface area contributed by atoms with E-state index in [0.717, 1.165) is 6.92 Å². The van der Waals surface area contributed by atoms with Gasteiger partial charge in [0.25, 0.3) is 0 Å². The number of alkyl halides is 6. The van der Waals surface area contributed by atoms with Crippen molar-refractivity contribution in [3.8, 4) is 11.1 Å². The molecule has 12 heteroatoms. The molecule has 1 aliphatic rings. The van der Waals surface area contributed by atoms with Gasteiger partial charge in [0.05, 0.1) is 24.3 Å². The Kier molecular flexibility index (Phi) is 6.07. The van der Waals surface area contributed by atoms with E-state index in [0.29, 0.717) is 11.0 Å². The maximum Gasteiger partial charge on any atom is 0.421 e. The van der Waals surface area contributed by atoms with Crippen LogP contribution in [0.2, 0.25) is 0 Å². The molecule has 1 heterocycles. The summed E-state index contributed by atoms with van der Waals surface area (Å²) in [7, 11) is 0. The van der Waals surface area contributed by atoms with Crippen molar-refractivity contribution < 1.29 is 45.1 Å². The molecule has 32 heavy (non-hydrogen) atoms. The number of amides is 2. The van der Waals surface area contributed by atoms with Gasteiger partial charge in [-0.05, 0) is 17.2 Å². The summed E-state index contributed by atoms with van der Waals surface area (Å²) in [5.74, 6) is -3.04. The molecule has 172 valence electrons. The first-order chi connectivity index (χ1) is 14.8. The molecule has 1 atom stereocenters. The second-order valence-electron chi connectivity index (χ2n) is 6.92. The van der Waals surface area contributed by atoms with Crippen LogP contribution in [0.15, 0.2) is 36.4 Å².